The Morgan fingerprint density at radius 2 is 1.54 bits per heavy atom. The van der Waals surface area contributed by atoms with Crippen molar-refractivity contribution in [2.45, 2.75) is 0 Å². The standard InChI is InChI=1S/C20H13NO3/c22-19-15-9-3-4-11-18(15)24-12-16(19)20(23)21-17-10-5-7-13-6-1-2-8-14(13)17/h1-12H,(H,21,23). The summed E-state index contributed by atoms with van der Waals surface area (Å²) in [5.41, 5.74) is 0.770. The summed E-state index contributed by atoms with van der Waals surface area (Å²) in [5.74, 6) is -0.481. The fraction of sp³-hybridized carbons (Fsp3) is 0. The Bertz CT molecular complexity index is 1120. The van der Waals surface area contributed by atoms with Crippen LogP contribution in [0.4, 0.5) is 5.69 Å². The van der Waals surface area contributed by atoms with E-state index in [1.54, 1.807) is 24.3 Å². The van der Waals surface area contributed by atoms with Gasteiger partial charge in [0.2, 0.25) is 5.43 Å². The van der Waals surface area contributed by atoms with Gasteiger partial charge in [0.15, 0.2) is 0 Å². The predicted molar refractivity (Wildman–Crippen MR) is 94.4 cm³/mol. The summed E-state index contributed by atoms with van der Waals surface area (Å²) in [5, 5.41) is 5.13. The highest BCUT2D eigenvalue weighted by Crippen LogP contribution is 2.23. The minimum absolute atomic E-state index is 0.0124. The second-order valence-corrected chi connectivity index (χ2v) is 5.46. The quantitative estimate of drug-likeness (QED) is 0.603. The number of carbonyl (C=O) groups is 1. The van der Waals surface area contributed by atoms with Crippen molar-refractivity contribution in [2.75, 3.05) is 5.32 Å². The number of rotatable bonds is 2. The van der Waals surface area contributed by atoms with E-state index in [1.165, 1.54) is 6.26 Å². The summed E-state index contributed by atoms with van der Waals surface area (Å²) in [6, 6.07) is 20.2. The summed E-state index contributed by atoms with van der Waals surface area (Å²) >= 11 is 0. The molecule has 0 spiro atoms. The molecule has 3 aromatic carbocycles. The molecule has 24 heavy (non-hydrogen) atoms. The van der Waals surface area contributed by atoms with E-state index in [0.29, 0.717) is 16.7 Å². The zero-order chi connectivity index (χ0) is 16.5. The van der Waals surface area contributed by atoms with Crippen LogP contribution in [0.5, 0.6) is 0 Å². The molecule has 0 radical (unpaired) electrons. The van der Waals surface area contributed by atoms with Crippen molar-refractivity contribution >= 4 is 33.3 Å². The Morgan fingerprint density at radius 1 is 0.833 bits per heavy atom. The van der Waals surface area contributed by atoms with E-state index in [-0.39, 0.29) is 11.0 Å². The molecule has 0 aliphatic heterocycles. The molecule has 0 aliphatic rings. The van der Waals surface area contributed by atoms with E-state index < -0.39 is 5.91 Å². The highest BCUT2D eigenvalue weighted by molar-refractivity contribution is 6.09. The number of fused-ring (bicyclic) bond motifs is 2. The van der Waals surface area contributed by atoms with E-state index in [1.807, 2.05) is 42.5 Å². The topological polar surface area (TPSA) is 59.3 Å². The normalized spacial score (nSPS) is 10.8. The summed E-state index contributed by atoms with van der Waals surface area (Å²) < 4.78 is 5.41. The lowest BCUT2D eigenvalue weighted by Crippen LogP contribution is -2.21. The molecule has 0 fully saturated rings. The van der Waals surface area contributed by atoms with Crippen LogP contribution < -0.4 is 10.7 Å². The molecule has 4 nitrogen and oxygen atoms in total. The number of anilines is 1. The van der Waals surface area contributed by atoms with Crippen LogP contribution in [-0.2, 0) is 0 Å². The molecule has 1 heterocycles. The summed E-state index contributed by atoms with van der Waals surface area (Å²) in [7, 11) is 0. The number of amides is 1. The first-order valence-electron chi connectivity index (χ1n) is 7.54. The van der Waals surface area contributed by atoms with Crippen LogP contribution in [0, 0.1) is 0 Å². The maximum absolute atomic E-state index is 12.6. The molecule has 0 bridgehead atoms. The third kappa shape index (κ3) is 2.34. The zero-order valence-corrected chi connectivity index (χ0v) is 12.7. The molecule has 1 N–H and O–H groups in total. The van der Waals surface area contributed by atoms with Crippen molar-refractivity contribution < 1.29 is 9.21 Å². The van der Waals surface area contributed by atoms with Gasteiger partial charge in [0.05, 0.1) is 5.39 Å². The molecule has 0 saturated heterocycles. The lowest BCUT2D eigenvalue weighted by Gasteiger charge is -2.08. The SMILES string of the molecule is O=C(Nc1cccc2ccccc12)c1coc2ccccc2c1=O. The van der Waals surface area contributed by atoms with Gasteiger partial charge in [-0.15, -0.1) is 0 Å². The van der Waals surface area contributed by atoms with E-state index in [0.717, 1.165) is 10.8 Å². The number of para-hydroxylation sites is 1. The second-order valence-electron chi connectivity index (χ2n) is 5.46. The van der Waals surface area contributed by atoms with Crippen LogP contribution in [0.1, 0.15) is 10.4 Å². The molecule has 1 amide bonds. The molecule has 4 rings (SSSR count). The molecule has 4 heteroatoms. The van der Waals surface area contributed by atoms with Crippen molar-refractivity contribution in [1.29, 1.82) is 0 Å². The first-order valence-corrected chi connectivity index (χ1v) is 7.54. The van der Waals surface area contributed by atoms with Crippen LogP contribution in [0.2, 0.25) is 0 Å². The lowest BCUT2D eigenvalue weighted by atomic mass is 10.1. The first-order chi connectivity index (χ1) is 11.7. The largest absolute Gasteiger partial charge is 0.463 e. The molecule has 0 unspecified atom stereocenters. The molecule has 4 aromatic rings. The number of nitrogens with one attached hydrogen (secondary N) is 1. The molecular weight excluding hydrogens is 302 g/mol. The van der Waals surface area contributed by atoms with Gasteiger partial charge in [0, 0.05) is 11.1 Å². The van der Waals surface area contributed by atoms with Gasteiger partial charge < -0.3 is 9.73 Å². The third-order valence-electron chi connectivity index (χ3n) is 3.96. The molecule has 0 atom stereocenters. The van der Waals surface area contributed by atoms with Gasteiger partial charge in [0.1, 0.15) is 17.4 Å². The van der Waals surface area contributed by atoms with Gasteiger partial charge in [-0.05, 0) is 23.6 Å². The molecule has 0 saturated carbocycles. The van der Waals surface area contributed by atoms with Crippen LogP contribution >= 0.6 is 0 Å². The summed E-state index contributed by atoms with van der Waals surface area (Å²) in [6.07, 6.45) is 1.21. The summed E-state index contributed by atoms with van der Waals surface area (Å²) in [4.78, 5) is 25.1. The van der Waals surface area contributed by atoms with Crippen molar-refractivity contribution in [2.24, 2.45) is 0 Å². The molecule has 116 valence electrons. The van der Waals surface area contributed by atoms with Gasteiger partial charge in [-0.25, -0.2) is 0 Å². The number of carbonyl (C=O) groups excluding carboxylic acids is 1. The monoisotopic (exact) mass is 315 g/mol. The van der Waals surface area contributed by atoms with Crippen molar-refractivity contribution in [3.05, 3.63) is 88.8 Å². The highest BCUT2D eigenvalue weighted by atomic mass is 16.3. The van der Waals surface area contributed by atoms with Crippen molar-refractivity contribution in [1.82, 2.24) is 0 Å². The Balaban J connectivity index is 1.77. The summed E-state index contributed by atoms with van der Waals surface area (Å²) in [6.45, 7) is 0. The maximum Gasteiger partial charge on any atom is 0.262 e. The van der Waals surface area contributed by atoms with E-state index in [4.69, 9.17) is 4.42 Å². The predicted octanol–water partition coefficient (Wildman–Crippen LogP) is 4.20. The Kier molecular flexibility index (Phi) is 3.35. The average Bonchev–Trinajstić information content (AvgIpc) is 2.62. The van der Waals surface area contributed by atoms with Gasteiger partial charge in [-0.3, -0.25) is 9.59 Å². The van der Waals surface area contributed by atoms with E-state index in [2.05, 4.69) is 5.32 Å². The van der Waals surface area contributed by atoms with Crippen LogP contribution in [0.3, 0.4) is 0 Å². The van der Waals surface area contributed by atoms with E-state index in [9.17, 15) is 9.59 Å². The smallest absolute Gasteiger partial charge is 0.262 e. The van der Waals surface area contributed by atoms with Crippen LogP contribution in [0.15, 0.2) is 82.2 Å². The van der Waals surface area contributed by atoms with E-state index >= 15 is 0 Å². The van der Waals surface area contributed by atoms with Crippen LogP contribution in [-0.4, -0.2) is 5.91 Å². The number of benzene rings is 3. The second kappa shape index (κ2) is 5.66. The lowest BCUT2D eigenvalue weighted by molar-refractivity contribution is 0.102. The van der Waals surface area contributed by atoms with Crippen molar-refractivity contribution in [3.8, 4) is 0 Å². The van der Waals surface area contributed by atoms with Crippen LogP contribution in [0.25, 0.3) is 21.7 Å². The number of hydrogen-bond donors (Lipinski definition) is 1. The van der Waals surface area contributed by atoms with Crippen molar-refractivity contribution in [3.63, 3.8) is 0 Å². The number of hydrogen-bond acceptors (Lipinski definition) is 3. The fourth-order valence-electron chi connectivity index (χ4n) is 2.76. The van der Waals surface area contributed by atoms with Gasteiger partial charge in [-0.2, -0.15) is 0 Å². The average molecular weight is 315 g/mol. The van der Waals surface area contributed by atoms with Gasteiger partial charge in [0.25, 0.3) is 5.91 Å². The molecular formula is C20H13NO3. The fourth-order valence-corrected chi connectivity index (χ4v) is 2.76. The Morgan fingerprint density at radius 3 is 2.42 bits per heavy atom. The zero-order valence-electron chi connectivity index (χ0n) is 12.7. The minimum atomic E-state index is -0.481. The molecule has 1 aromatic heterocycles. The Labute approximate surface area is 137 Å². The van der Waals surface area contributed by atoms with Gasteiger partial charge >= 0.3 is 0 Å². The maximum atomic E-state index is 12.6. The molecule has 0 aliphatic carbocycles. The Hall–Kier alpha value is -3.40. The van der Waals surface area contributed by atoms with Gasteiger partial charge in [-0.1, -0.05) is 48.5 Å². The minimum Gasteiger partial charge on any atom is -0.463 e. The third-order valence-corrected chi connectivity index (χ3v) is 3.96. The first kappa shape index (κ1) is 14.2. The highest BCUT2D eigenvalue weighted by Gasteiger charge is 2.15.